The van der Waals surface area contributed by atoms with Gasteiger partial charge in [0, 0.05) is 11.3 Å². The third-order valence-electron chi connectivity index (χ3n) is 2.00. The van der Waals surface area contributed by atoms with Gasteiger partial charge in [-0.25, -0.2) is 0 Å². The zero-order valence-corrected chi connectivity index (χ0v) is 7.60. The molecule has 14 heavy (non-hydrogen) atoms. The maximum Gasteiger partial charge on any atom is 0.257 e. The molecular formula is C11H11NO2. The number of nitrogens with one attached hydrogen (secondary N) is 1. The number of hydrogen-bond acceptors (Lipinski definition) is 2. The van der Waals surface area contributed by atoms with Crippen LogP contribution in [0.1, 0.15) is 18.1 Å². The lowest BCUT2D eigenvalue weighted by Gasteiger charge is -1.96. The molecule has 1 aliphatic carbocycles. The van der Waals surface area contributed by atoms with Gasteiger partial charge in [-0.2, -0.15) is 0 Å². The van der Waals surface area contributed by atoms with Gasteiger partial charge in [0.15, 0.2) is 6.10 Å². The molecule has 0 fully saturated rings. The molecule has 2 N–H and O–H groups in total. The molecule has 1 unspecified atom stereocenters. The second-order valence-electron chi connectivity index (χ2n) is 3.19. The number of hydrogen-bond donors (Lipinski definition) is 2. The molecule has 3 rings (SSSR count). The summed E-state index contributed by atoms with van der Waals surface area (Å²) in [5.74, 6) is -0.341. The summed E-state index contributed by atoms with van der Waals surface area (Å²) in [4.78, 5) is 10.9. The number of rotatable bonds is 0. The summed E-state index contributed by atoms with van der Waals surface area (Å²) in [6.07, 6.45) is 4.52. The van der Waals surface area contributed by atoms with Crippen molar-refractivity contribution in [1.29, 1.82) is 0 Å². The highest BCUT2D eigenvalue weighted by Crippen LogP contribution is 2.29. The summed E-state index contributed by atoms with van der Waals surface area (Å²) in [5, 5.41) is 11.8. The van der Waals surface area contributed by atoms with Crippen LogP contribution in [-0.2, 0) is 4.79 Å². The van der Waals surface area contributed by atoms with Crippen LogP contribution in [0.4, 0.5) is 5.69 Å². The quantitative estimate of drug-likeness (QED) is 0.609. The average molecular weight is 189 g/mol. The van der Waals surface area contributed by atoms with Gasteiger partial charge >= 0.3 is 0 Å². The van der Waals surface area contributed by atoms with Gasteiger partial charge in [-0.05, 0) is 12.5 Å². The maximum absolute atomic E-state index is 10.9. The first kappa shape index (κ1) is 8.97. The minimum atomic E-state index is -0.980. The molecule has 3 nitrogen and oxygen atoms in total. The highest BCUT2D eigenvalue weighted by atomic mass is 16.3. The topological polar surface area (TPSA) is 49.3 Å². The predicted molar refractivity (Wildman–Crippen MR) is 53.8 cm³/mol. The fourth-order valence-electron chi connectivity index (χ4n) is 1.19. The van der Waals surface area contributed by atoms with Gasteiger partial charge in [-0.1, -0.05) is 30.4 Å². The van der Waals surface area contributed by atoms with Gasteiger partial charge in [0.25, 0.3) is 5.91 Å². The molecule has 1 heterocycles. The van der Waals surface area contributed by atoms with E-state index in [1.54, 1.807) is 18.2 Å². The van der Waals surface area contributed by atoms with E-state index in [1.165, 1.54) is 6.42 Å². The zero-order chi connectivity index (χ0) is 9.97. The number of amides is 1. The number of anilines is 1. The minimum absolute atomic E-state index is 0.341. The second-order valence-corrected chi connectivity index (χ2v) is 3.19. The van der Waals surface area contributed by atoms with E-state index in [-0.39, 0.29) is 5.91 Å². The van der Waals surface area contributed by atoms with Crippen molar-refractivity contribution in [2.75, 3.05) is 5.32 Å². The molecule has 1 aromatic rings. The first-order valence-corrected chi connectivity index (χ1v) is 4.52. The van der Waals surface area contributed by atoms with Gasteiger partial charge in [0.05, 0.1) is 0 Å². The van der Waals surface area contributed by atoms with E-state index < -0.39 is 6.10 Å². The predicted octanol–water partition coefficient (Wildman–Crippen LogP) is 1.62. The normalized spacial score (nSPS) is 20.6. The SMILES string of the molecule is C1=CC1.O=C1Nc2ccccc2C1O. The molecule has 0 aromatic heterocycles. The van der Waals surface area contributed by atoms with E-state index in [0.717, 1.165) is 0 Å². The Bertz CT molecular complexity index is 381. The van der Waals surface area contributed by atoms with Crippen LogP contribution in [0.25, 0.3) is 0 Å². The summed E-state index contributed by atoms with van der Waals surface area (Å²) in [6, 6.07) is 7.11. The smallest absolute Gasteiger partial charge is 0.257 e. The Kier molecular flexibility index (Phi) is 2.33. The Labute approximate surface area is 82.1 Å². The molecule has 1 atom stereocenters. The maximum atomic E-state index is 10.9. The summed E-state index contributed by atoms with van der Waals surface area (Å²) >= 11 is 0. The number of carbonyl (C=O) groups excluding carboxylic acids is 1. The lowest BCUT2D eigenvalue weighted by molar-refractivity contribution is -0.123. The number of carbonyl (C=O) groups is 1. The highest BCUT2D eigenvalue weighted by molar-refractivity contribution is 6.01. The number of fused-ring (bicyclic) bond motifs is 1. The number of para-hydroxylation sites is 1. The van der Waals surface area contributed by atoms with Crippen molar-refractivity contribution in [3.05, 3.63) is 42.0 Å². The largest absolute Gasteiger partial charge is 0.378 e. The van der Waals surface area contributed by atoms with E-state index in [2.05, 4.69) is 17.5 Å². The molecule has 72 valence electrons. The van der Waals surface area contributed by atoms with Gasteiger partial charge < -0.3 is 10.4 Å². The standard InChI is InChI=1S/C8H7NO2.C3H4/c10-7-5-3-1-2-4-6(5)9-8(7)11;1-2-3-1/h1-4,7,10H,(H,9,11);1-2H,3H2. The molecule has 0 radical (unpaired) electrons. The van der Waals surface area contributed by atoms with Crippen molar-refractivity contribution >= 4 is 11.6 Å². The molecule has 0 saturated heterocycles. The van der Waals surface area contributed by atoms with Crippen molar-refractivity contribution in [3.8, 4) is 0 Å². The molecule has 1 aromatic carbocycles. The molecule has 0 spiro atoms. The third kappa shape index (κ3) is 1.83. The second kappa shape index (κ2) is 3.64. The monoisotopic (exact) mass is 189 g/mol. The summed E-state index contributed by atoms with van der Waals surface area (Å²) in [5.41, 5.74) is 1.38. The van der Waals surface area contributed by atoms with Crippen molar-refractivity contribution in [2.45, 2.75) is 12.5 Å². The van der Waals surface area contributed by atoms with Crippen LogP contribution in [0.3, 0.4) is 0 Å². The fourth-order valence-corrected chi connectivity index (χ4v) is 1.19. The van der Waals surface area contributed by atoms with Crippen molar-refractivity contribution in [3.63, 3.8) is 0 Å². The van der Waals surface area contributed by atoms with Crippen LogP contribution in [0.2, 0.25) is 0 Å². The molecule has 0 saturated carbocycles. The van der Waals surface area contributed by atoms with Crippen LogP contribution in [0, 0.1) is 0 Å². The Morgan fingerprint density at radius 3 is 2.50 bits per heavy atom. The van der Waals surface area contributed by atoms with Crippen LogP contribution < -0.4 is 5.32 Å². The van der Waals surface area contributed by atoms with E-state index >= 15 is 0 Å². The lowest BCUT2D eigenvalue weighted by Crippen LogP contribution is -2.10. The highest BCUT2D eigenvalue weighted by Gasteiger charge is 2.27. The number of allylic oxidation sites excluding steroid dienone is 2. The first-order chi connectivity index (χ1) is 6.79. The van der Waals surface area contributed by atoms with Gasteiger partial charge in [0.2, 0.25) is 0 Å². The van der Waals surface area contributed by atoms with E-state index in [0.29, 0.717) is 11.3 Å². The van der Waals surface area contributed by atoms with Gasteiger partial charge in [-0.15, -0.1) is 0 Å². The van der Waals surface area contributed by atoms with E-state index in [4.69, 9.17) is 0 Å². The fraction of sp³-hybridized carbons (Fsp3) is 0.182. The van der Waals surface area contributed by atoms with Crippen LogP contribution >= 0.6 is 0 Å². The molecule has 3 heteroatoms. The molecule has 0 bridgehead atoms. The Hall–Kier alpha value is -1.61. The average Bonchev–Trinajstić information content (AvgIpc) is 3.02. The Morgan fingerprint density at radius 1 is 1.29 bits per heavy atom. The molecule has 2 aliphatic rings. The van der Waals surface area contributed by atoms with Crippen LogP contribution in [-0.4, -0.2) is 11.0 Å². The zero-order valence-electron chi connectivity index (χ0n) is 7.60. The van der Waals surface area contributed by atoms with E-state index in [9.17, 15) is 9.90 Å². The number of benzene rings is 1. The molecular weight excluding hydrogens is 178 g/mol. The molecule has 1 aliphatic heterocycles. The van der Waals surface area contributed by atoms with Crippen LogP contribution in [0.5, 0.6) is 0 Å². The lowest BCUT2D eigenvalue weighted by atomic mass is 10.1. The summed E-state index contributed by atoms with van der Waals surface area (Å²) in [7, 11) is 0. The Balaban J connectivity index is 0.000000214. The van der Waals surface area contributed by atoms with Crippen molar-refractivity contribution < 1.29 is 9.90 Å². The Morgan fingerprint density at radius 2 is 1.93 bits per heavy atom. The van der Waals surface area contributed by atoms with Gasteiger partial charge in [0.1, 0.15) is 0 Å². The number of aliphatic hydroxyl groups excluding tert-OH is 1. The van der Waals surface area contributed by atoms with Crippen molar-refractivity contribution in [2.24, 2.45) is 0 Å². The summed E-state index contributed by atoms with van der Waals surface area (Å²) in [6.45, 7) is 0. The number of aliphatic hydroxyl groups is 1. The first-order valence-electron chi connectivity index (χ1n) is 4.52. The van der Waals surface area contributed by atoms with Gasteiger partial charge in [-0.3, -0.25) is 4.79 Å². The minimum Gasteiger partial charge on any atom is -0.378 e. The third-order valence-corrected chi connectivity index (χ3v) is 2.00. The summed E-state index contributed by atoms with van der Waals surface area (Å²) < 4.78 is 0. The van der Waals surface area contributed by atoms with Crippen LogP contribution in [0.15, 0.2) is 36.4 Å². The van der Waals surface area contributed by atoms with Crippen molar-refractivity contribution in [1.82, 2.24) is 0 Å². The molecule has 1 amide bonds. The van der Waals surface area contributed by atoms with E-state index in [1.807, 2.05) is 6.07 Å².